The third-order valence-electron chi connectivity index (χ3n) is 3.47. The molecule has 1 aromatic heterocycles. The molecule has 0 atom stereocenters. The Balaban J connectivity index is 1.91. The number of hydrogen-bond acceptors (Lipinski definition) is 4. The van der Waals surface area contributed by atoms with Gasteiger partial charge in [-0.15, -0.1) is 17.9 Å². The Kier molecular flexibility index (Phi) is 4.69. The zero-order valence-electron chi connectivity index (χ0n) is 12.7. The van der Waals surface area contributed by atoms with E-state index >= 15 is 0 Å². The first-order valence-electron chi connectivity index (χ1n) is 7.25. The van der Waals surface area contributed by atoms with Crippen LogP contribution in [0.4, 0.5) is 0 Å². The topological polar surface area (TPSA) is 49.4 Å². The highest BCUT2D eigenvalue weighted by Gasteiger charge is 2.32. The summed E-state index contributed by atoms with van der Waals surface area (Å²) in [6, 6.07) is 13.8. The molecule has 6 heteroatoms. The molecule has 0 radical (unpaired) electrons. The van der Waals surface area contributed by atoms with E-state index in [1.807, 2.05) is 42.5 Å². The first kappa shape index (κ1) is 16.3. The van der Waals surface area contributed by atoms with E-state index in [4.69, 9.17) is 12.2 Å². The van der Waals surface area contributed by atoms with Crippen LogP contribution in [-0.2, 0) is 9.59 Å². The van der Waals surface area contributed by atoms with E-state index in [-0.39, 0.29) is 17.2 Å². The van der Waals surface area contributed by atoms with E-state index in [2.05, 4.69) is 11.9 Å². The van der Waals surface area contributed by atoms with Crippen molar-refractivity contribution in [2.45, 2.75) is 0 Å². The normalized spacial score (nSPS) is 16.4. The third-order valence-corrected chi connectivity index (χ3v) is 4.87. The summed E-state index contributed by atoms with van der Waals surface area (Å²) in [7, 11) is 0. The highest BCUT2D eigenvalue weighted by atomic mass is 32.1. The van der Waals surface area contributed by atoms with Crippen LogP contribution >= 0.6 is 23.6 Å². The molecule has 1 saturated heterocycles. The molecule has 0 aliphatic carbocycles. The SMILES string of the molecule is C=CCN1C(=O)/C(=C/c2ccc(-c3ccccc3)s2)C(=O)NC1=S. The Morgan fingerprint density at radius 1 is 1.17 bits per heavy atom. The lowest BCUT2D eigenvalue weighted by atomic mass is 10.1. The molecule has 24 heavy (non-hydrogen) atoms. The monoisotopic (exact) mass is 354 g/mol. The molecule has 0 saturated carbocycles. The van der Waals surface area contributed by atoms with Crippen molar-refractivity contribution in [3.63, 3.8) is 0 Å². The molecule has 1 aromatic carbocycles. The Hall–Kier alpha value is -2.57. The number of nitrogens with one attached hydrogen (secondary N) is 1. The summed E-state index contributed by atoms with van der Waals surface area (Å²) in [4.78, 5) is 27.8. The molecule has 120 valence electrons. The lowest BCUT2D eigenvalue weighted by Gasteiger charge is -2.27. The molecule has 2 heterocycles. The average Bonchev–Trinajstić information content (AvgIpc) is 3.05. The van der Waals surface area contributed by atoms with Crippen LogP contribution < -0.4 is 5.32 Å². The molecule has 3 rings (SSSR count). The van der Waals surface area contributed by atoms with Crippen molar-refractivity contribution in [1.29, 1.82) is 0 Å². The Bertz CT molecular complexity index is 853. The van der Waals surface area contributed by atoms with E-state index in [0.29, 0.717) is 0 Å². The maximum absolute atomic E-state index is 12.5. The highest BCUT2D eigenvalue weighted by molar-refractivity contribution is 7.80. The van der Waals surface area contributed by atoms with E-state index in [1.165, 1.54) is 16.2 Å². The number of carbonyl (C=O) groups is 2. The molecule has 1 N–H and O–H groups in total. The van der Waals surface area contributed by atoms with Crippen LogP contribution in [0.2, 0.25) is 0 Å². The van der Waals surface area contributed by atoms with Crippen molar-refractivity contribution in [1.82, 2.24) is 10.2 Å². The Labute approximate surface area is 149 Å². The number of nitrogens with zero attached hydrogens (tertiary/aromatic N) is 1. The zero-order chi connectivity index (χ0) is 17.1. The van der Waals surface area contributed by atoms with Gasteiger partial charge < -0.3 is 0 Å². The number of thiophene rings is 1. The molecule has 0 spiro atoms. The van der Waals surface area contributed by atoms with Crippen LogP contribution in [0.5, 0.6) is 0 Å². The predicted octanol–water partition coefficient (Wildman–Crippen LogP) is 3.23. The minimum Gasteiger partial charge on any atom is -0.298 e. The van der Waals surface area contributed by atoms with Gasteiger partial charge in [0.15, 0.2) is 5.11 Å². The summed E-state index contributed by atoms with van der Waals surface area (Å²) < 4.78 is 0. The molecular weight excluding hydrogens is 340 g/mol. The minimum atomic E-state index is -0.472. The van der Waals surface area contributed by atoms with Crippen molar-refractivity contribution in [2.75, 3.05) is 6.54 Å². The Morgan fingerprint density at radius 2 is 1.92 bits per heavy atom. The number of hydrogen-bond donors (Lipinski definition) is 1. The fourth-order valence-corrected chi connectivity index (χ4v) is 3.53. The van der Waals surface area contributed by atoms with Crippen molar-refractivity contribution in [3.05, 3.63) is 65.6 Å². The summed E-state index contributed by atoms with van der Waals surface area (Å²) in [5.74, 6) is -0.877. The second kappa shape index (κ2) is 6.90. The quantitative estimate of drug-likeness (QED) is 0.397. The maximum atomic E-state index is 12.5. The fraction of sp³-hybridized carbons (Fsp3) is 0.0556. The number of rotatable bonds is 4. The molecule has 1 aliphatic heterocycles. The number of benzene rings is 1. The van der Waals surface area contributed by atoms with Crippen LogP contribution in [0.3, 0.4) is 0 Å². The van der Waals surface area contributed by atoms with E-state index in [0.717, 1.165) is 15.3 Å². The van der Waals surface area contributed by atoms with Gasteiger partial charge in [-0.25, -0.2) is 0 Å². The molecule has 1 fully saturated rings. The van der Waals surface area contributed by atoms with Crippen molar-refractivity contribution >= 4 is 46.6 Å². The minimum absolute atomic E-state index is 0.0758. The van der Waals surface area contributed by atoms with Gasteiger partial charge in [0.1, 0.15) is 5.57 Å². The molecule has 1 aliphatic rings. The van der Waals surface area contributed by atoms with Crippen LogP contribution in [0.1, 0.15) is 4.88 Å². The lowest BCUT2D eigenvalue weighted by Crippen LogP contribution is -2.53. The Morgan fingerprint density at radius 3 is 2.62 bits per heavy atom. The largest absolute Gasteiger partial charge is 0.298 e. The first-order valence-corrected chi connectivity index (χ1v) is 8.47. The van der Waals surface area contributed by atoms with Crippen molar-refractivity contribution in [3.8, 4) is 10.4 Å². The fourth-order valence-electron chi connectivity index (χ4n) is 2.32. The van der Waals surface area contributed by atoms with Crippen molar-refractivity contribution in [2.24, 2.45) is 0 Å². The van der Waals surface area contributed by atoms with Gasteiger partial charge in [0.05, 0.1) is 0 Å². The number of amides is 2. The van der Waals surface area contributed by atoms with Gasteiger partial charge in [-0.1, -0.05) is 36.4 Å². The predicted molar refractivity (Wildman–Crippen MR) is 100 cm³/mol. The summed E-state index contributed by atoms with van der Waals surface area (Å²) in [6.07, 6.45) is 3.17. The molecule has 2 amide bonds. The van der Waals surface area contributed by atoms with Crippen LogP contribution in [-0.4, -0.2) is 28.4 Å². The highest BCUT2D eigenvalue weighted by Crippen LogP contribution is 2.29. The van der Waals surface area contributed by atoms with Crippen molar-refractivity contribution < 1.29 is 9.59 Å². The average molecular weight is 354 g/mol. The van der Waals surface area contributed by atoms with Gasteiger partial charge in [-0.3, -0.25) is 19.8 Å². The van der Waals surface area contributed by atoms with Gasteiger partial charge in [0.2, 0.25) is 0 Å². The van der Waals surface area contributed by atoms with E-state index < -0.39 is 11.8 Å². The summed E-state index contributed by atoms with van der Waals surface area (Å²) >= 11 is 6.55. The summed E-state index contributed by atoms with van der Waals surface area (Å²) in [6.45, 7) is 3.86. The smallest absolute Gasteiger partial charge is 0.265 e. The molecule has 2 aromatic rings. The van der Waals surface area contributed by atoms with Gasteiger partial charge >= 0.3 is 0 Å². The van der Waals surface area contributed by atoms with Gasteiger partial charge in [0, 0.05) is 16.3 Å². The number of thiocarbonyl (C=S) groups is 1. The zero-order valence-corrected chi connectivity index (χ0v) is 14.3. The van der Waals surface area contributed by atoms with Gasteiger partial charge in [-0.05, 0) is 36.0 Å². The van der Waals surface area contributed by atoms with Crippen LogP contribution in [0, 0.1) is 0 Å². The van der Waals surface area contributed by atoms with Gasteiger partial charge in [-0.2, -0.15) is 0 Å². The lowest BCUT2D eigenvalue weighted by molar-refractivity contribution is -0.128. The van der Waals surface area contributed by atoms with Gasteiger partial charge in [0.25, 0.3) is 11.8 Å². The first-order chi connectivity index (χ1) is 11.6. The van der Waals surface area contributed by atoms with E-state index in [1.54, 1.807) is 12.2 Å². The standard InChI is InChI=1S/C18H14N2O2S2/c1-2-10-20-17(22)14(16(21)19-18(20)23)11-13-8-9-15(24-13)12-6-4-3-5-7-12/h2-9,11H,1,10H2,(H,19,21,23)/b14-11+. The number of carbonyl (C=O) groups excluding carboxylic acids is 2. The second-order valence-corrected chi connectivity index (χ2v) is 6.59. The molecule has 0 bridgehead atoms. The maximum Gasteiger partial charge on any atom is 0.265 e. The van der Waals surface area contributed by atoms with Crippen LogP contribution in [0.15, 0.2) is 60.7 Å². The molecule has 4 nitrogen and oxygen atoms in total. The van der Waals surface area contributed by atoms with Crippen LogP contribution in [0.25, 0.3) is 16.5 Å². The molecule has 0 unspecified atom stereocenters. The second-order valence-electron chi connectivity index (χ2n) is 5.09. The van der Waals surface area contributed by atoms with E-state index in [9.17, 15) is 9.59 Å². The molecular formula is C18H14N2O2S2. The summed E-state index contributed by atoms with van der Waals surface area (Å²) in [5.41, 5.74) is 1.17. The third kappa shape index (κ3) is 3.20. The summed E-state index contributed by atoms with van der Waals surface area (Å²) in [5, 5.41) is 2.65.